The Balaban J connectivity index is 1.38. The molecular formula is C28H52N5O5P. The van der Waals surface area contributed by atoms with Crippen molar-refractivity contribution in [1.82, 2.24) is 19.5 Å². The number of unbranched alkanes of at least 4 members (excludes halogenated alkanes) is 13. The van der Waals surface area contributed by atoms with Crippen molar-refractivity contribution in [3.63, 3.8) is 0 Å². The normalized spacial score (nSPS) is 14.1. The Morgan fingerprint density at radius 2 is 1.44 bits per heavy atom. The van der Waals surface area contributed by atoms with Crippen molar-refractivity contribution in [1.29, 1.82) is 0 Å². The molecule has 0 aliphatic heterocycles. The first kappa shape index (κ1) is 33.6. The summed E-state index contributed by atoms with van der Waals surface area (Å²) in [5, 5.41) is 0. The van der Waals surface area contributed by atoms with Gasteiger partial charge in [0.15, 0.2) is 11.5 Å². The van der Waals surface area contributed by atoms with Gasteiger partial charge < -0.3 is 29.2 Å². The van der Waals surface area contributed by atoms with Crippen LogP contribution in [0, 0.1) is 0 Å². The predicted molar refractivity (Wildman–Crippen MR) is 157 cm³/mol. The van der Waals surface area contributed by atoms with Crippen molar-refractivity contribution in [2.24, 2.45) is 0 Å². The molecule has 0 aromatic carbocycles. The quantitative estimate of drug-likeness (QED) is 0.0971. The summed E-state index contributed by atoms with van der Waals surface area (Å²) >= 11 is 0. The van der Waals surface area contributed by atoms with Gasteiger partial charge in [0.25, 0.3) is 0 Å². The molecule has 0 bridgehead atoms. The molecule has 2 aromatic heterocycles. The van der Waals surface area contributed by atoms with Gasteiger partial charge in [-0.2, -0.15) is 0 Å². The Morgan fingerprint density at radius 3 is 2.08 bits per heavy atom. The van der Waals surface area contributed by atoms with Gasteiger partial charge in [-0.3, -0.25) is 4.57 Å². The third-order valence-corrected chi connectivity index (χ3v) is 7.84. The van der Waals surface area contributed by atoms with E-state index in [2.05, 4.69) is 21.9 Å². The molecule has 0 radical (unpaired) electrons. The highest BCUT2D eigenvalue weighted by Gasteiger charge is 2.21. The van der Waals surface area contributed by atoms with Gasteiger partial charge in [0, 0.05) is 13.2 Å². The zero-order valence-electron chi connectivity index (χ0n) is 24.3. The fourth-order valence-corrected chi connectivity index (χ4v) is 5.39. The zero-order chi connectivity index (χ0) is 28.2. The van der Waals surface area contributed by atoms with E-state index in [0.717, 1.165) is 19.4 Å². The minimum Gasteiger partial charge on any atom is -0.382 e. The van der Waals surface area contributed by atoms with Gasteiger partial charge in [0.05, 0.1) is 25.6 Å². The van der Waals surface area contributed by atoms with E-state index in [1.807, 2.05) is 6.92 Å². The largest absolute Gasteiger partial charge is 0.382 e. The number of anilines is 1. The highest BCUT2D eigenvalue weighted by Crippen LogP contribution is 2.42. The molecule has 2 aromatic rings. The fraction of sp³-hybridized carbons (Fsp3) is 0.821. The highest BCUT2D eigenvalue weighted by atomic mass is 31.2. The molecule has 11 heteroatoms. The van der Waals surface area contributed by atoms with Crippen LogP contribution in [0.5, 0.6) is 0 Å². The fourth-order valence-electron chi connectivity index (χ4n) is 4.46. The molecule has 0 spiro atoms. The van der Waals surface area contributed by atoms with E-state index in [0.29, 0.717) is 36.6 Å². The lowest BCUT2D eigenvalue weighted by atomic mass is 10.0. The number of rotatable bonds is 25. The van der Waals surface area contributed by atoms with E-state index in [1.165, 1.54) is 83.4 Å². The summed E-state index contributed by atoms with van der Waals surface area (Å²) in [7, 11) is -3.82. The van der Waals surface area contributed by atoms with Gasteiger partial charge in [-0.1, -0.05) is 84.0 Å². The summed E-state index contributed by atoms with van der Waals surface area (Å²) in [6, 6.07) is 0. The number of nitrogens with zero attached hydrogens (tertiary/aromatic N) is 4. The Labute approximate surface area is 235 Å². The molecule has 224 valence electrons. The van der Waals surface area contributed by atoms with Gasteiger partial charge in [0.1, 0.15) is 18.2 Å². The number of nitrogens with two attached hydrogens (primary N) is 1. The van der Waals surface area contributed by atoms with Crippen molar-refractivity contribution in [2.75, 3.05) is 31.9 Å². The van der Waals surface area contributed by atoms with Crippen LogP contribution in [-0.2, 0) is 25.1 Å². The molecule has 39 heavy (non-hydrogen) atoms. The number of hydrogen-bond acceptors (Lipinski definition) is 8. The summed E-state index contributed by atoms with van der Waals surface area (Å²) < 4.78 is 30.5. The van der Waals surface area contributed by atoms with Crippen LogP contribution in [0.1, 0.15) is 110 Å². The second-order valence-corrected chi connectivity index (χ2v) is 12.3. The van der Waals surface area contributed by atoms with E-state index < -0.39 is 7.60 Å². The molecular weight excluding hydrogens is 517 g/mol. The van der Waals surface area contributed by atoms with E-state index in [-0.39, 0.29) is 19.1 Å². The second-order valence-electron chi connectivity index (χ2n) is 10.5. The van der Waals surface area contributed by atoms with Gasteiger partial charge >= 0.3 is 7.60 Å². The van der Waals surface area contributed by atoms with Crippen molar-refractivity contribution >= 4 is 24.6 Å². The molecule has 2 atom stereocenters. The van der Waals surface area contributed by atoms with Crippen LogP contribution < -0.4 is 5.73 Å². The lowest BCUT2D eigenvalue weighted by molar-refractivity contribution is 0.0708. The summed E-state index contributed by atoms with van der Waals surface area (Å²) in [5.41, 5.74) is 6.92. The van der Waals surface area contributed by atoms with E-state index in [9.17, 15) is 9.46 Å². The molecule has 1 unspecified atom stereocenters. The number of fused-ring (bicyclic) bond motifs is 1. The van der Waals surface area contributed by atoms with Crippen LogP contribution >= 0.6 is 7.60 Å². The van der Waals surface area contributed by atoms with Crippen LogP contribution in [0.4, 0.5) is 5.82 Å². The molecule has 0 amide bonds. The summed E-state index contributed by atoms with van der Waals surface area (Å²) in [6.07, 6.45) is 21.2. The number of aromatic nitrogens is 4. The molecule has 0 aliphatic carbocycles. The maximum atomic E-state index is 12.3. The van der Waals surface area contributed by atoms with E-state index in [1.54, 1.807) is 10.9 Å². The Hall–Kier alpha value is -1.58. The maximum absolute atomic E-state index is 12.3. The van der Waals surface area contributed by atoms with Crippen LogP contribution in [0.2, 0.25) is 0 Å². The number of hydrogen-bond donors (Lipinski definition) is 2. The number of ether oxygens (including phenoxy) is 2. The third-order valence-electron chi connectivity index (χ3n) is 6.77. The average molecular weight is 570 g/mol. The van der Waals surface area contributed by atoms with Crippen molar-refractivity contribution in [3.05, 3.63) is 12.7 Å². The van der Waals surface area contributed by atoms with Crippen LogP contribution in [0.3, 0.4) is 0 Å². The summed E-state index contributed by atoms with van der Waals surface area (Å²) in [6.45, 7) is 6.13. The molecule has 0 fully saturated rings. The highest BCUT2D eigenvalue weighted by molar-refractivity contribution is 7.52. The van der Waals surface area contributed by atoms with Gasteiger partial charge in [-0.15, -0.1) is 0 Å². The standard InChI is InChI=1S/C28H52N5O5P/c1-3-4-5-6-7-8-9-10-11-12-13-14-15-18-36-19-16-17-20-38-39(34,35)24-37-25(2)21-33-23-32-26-27(29)30-22-31-28(26)33/h22-23,25H,3-21,24H2,1-2H3,(H,34,35)(H2,29,30,31)/t25-/m1/s1. The zero-order valence-corrected chi connectivity index (χ0v) is 25.2. The van der Waals surface area contributed by atoms with E-state index >= 15 is 0 Å². The Bertz CT molecular complexity index is 944. The smallest absolute Gasteiger partial charge is 0.353 e. The first-order valence-electron chi connectivity index (χ1n) is 15.0. The molecule has 0 aliphatic rings. The monoisotopic (exact) mass is 569 g/mol. The SMILES string of the molecule is CCCCCCCCCCCCCCCOCCCCOP(=O)(O)CO[C@H](C)Cn1cnc2c(N)ncnc21. The minimum atomic E-state index is -3.82. The summed E-state index contributed by atoms with van der Waals surface area (Å²) in [4.78, 5) is 22.4. The van der Waals surface area contributed by atoms with Crippen molar-refractivity contribution < 1.29 is 23.5 Å². The Kier molecular flexibility index (Phi) is 17.5. The van der Waals surface area contributed by atoms with Crippen LogP contribution in [0.25, 0.3) is 11.2 Å². The Morgan fingerprint density at radius 1 is 0.872 bits per heavy atom. The number of nitrogen functional groups attached to an aromatic ring is 1. The maximum Gasteiger partial charge on any atom is 0.353 e. The minimum absolute atomic E-state index is 0.204. The number of imidazole rings is 1. The first-order chi connectivity index (χ1) is 18.9. The molecule has 0 saturated heterocycles. The van der Waals surface area contributed by atoms with Crippen molar-refractivity contribution in [3.8, 4) is 0 Å². The first-order valence-corrected chi connectivity index (χ1v) is 16.8. The van der Waals surface area contributed by atoms with Gasteiger partial charge in [-0.05, 0) is 26.2 Å². The van der Waals surface area contributed by atoms with Crippen LogP contribution in [0.15, 0.2) is 12.7 Å². The molecule has 2 rings (SSSR count). The molecule has 2 heterocycles. The lowest BCUT2D eigenvalue weighted by Gasteiger charge is -2.17. The topological polar surface area (TPSA) is 135 Å². The molecule has 10 nitrogen and oxygen atoms in total. The lowest BCUT2D eigenvalue weighted by Crippen LogP contribution is -2.17. The van der Waals surface area contributed by atoms with E-state index in [4.69, 9.17) is 19.7 Å². The van der Waals surface area contributed by atoms with Crippen molar-refractivity contribution in [2.45, 2.75) is 123 Å². The molecule has 3 N–H and O–H groups in total. The third kappa shape index (κ3) is 15.1. The summed E-state index contributed by atoms with van der Waals surface area (Å²) in [5.74, 6) is 0.311. The molecule has 0 saturated carbocycles. The van der Waals surface area contributed by atoms with Gasteiger partial charge in [0.2, 0.25) is 0 Å². The predicted octanol–water partition coefficient (Wildman–Crippen LogP) is 6.86. The average Bonchev–Trinajstić information content (AvgIpc) is 3.32. The van der Waals surface area contributed by atoms with Gasteiger partial charge in [-0.25, -0.2) is 15.0 Å². The van der Waals surface area contributed by atoms with Crippen LogP contribution in [-0.4, -0.2) is 56.7 Å². The second kappa shape index (κ2) is 20.3.